The SMILES string of the molecule is N#Cc1ccc(O)c(O[C@@H]2CCC[C@H](P(=O)(c3ccccc3)c3ccccc3)[C@H]2O)c1. The number of ether oxygens (including phenoxy) is 1. The first-order valence-corrected chi connectivity index (χ1v) is 12.1. The van der Waals surface area contributed by atoms with E-state index in [2.05, 4.69) is 0 Å². The van der Waals surface area contributed by atoms with E-state index in [0.717, 1.165) is 6.42 Å². The summed E-state index contributed by atoms with van der Waals surface area (Å²) in [4.78, 5) is 0. The maximum atomic E-state index is 14.6. The third-order valence-electron chi connectivity index (χ3n) is 5.88. The molecule has 31 heavy (non-hydrogen) atoms. The van der Waals surface area contributed by atoms with E-state index >= 15 is 0 Å². The summed E-state index contributed by atoms with van der Waals surface area (Å²) < 4.78 is 20.6. The first-order valence-electron chi connectivity index (χ1n) is 10.3. The molecule has 5 nitrogen and oxygen atoms in total. The second-order valence-corrected chi connectivity index (χ2v) is 10.8. The van der Waals surface area contributed by atoms with Gasteiger partial charge in [-0.2, -0.15) is 5.26 Å². The molecule has 0 aromatic heterocycles. The van der Waals surface area contributed by atoms with Crippen LogP contribution in [0.5, 0.6) is 11.5 Å². The molecule has 3 aromatic carbocycles. The molecule has 1 aliphatic carbocycles. The van der Waals surface area contributed by atoms with Crippen LogP contribution in [0.4, 0.5) is 0 Å². The fourth-order valence-corrected chi connectivity index (χ4v) is 7.78. The number of benzene rings is 3. The van der Waals surface area contributed by atoms with Crippen LogP contribution in [-0.4, -0.2) is 28.1 Å². The van der Waals surface area contributed by atoms with Crippen molar-refractivity contribution in [1.82, 2.24) is 0 Å². The number of hydrogen-bond acceptors (Lipinski definition) is 5. The van der Waals surface area contributed by atoms with Crippen LogP contribution in [0.15, 0.2) is 78.9 Å². The summed E-state index contributed by atoms with van der Waals surface area (Å²) in [5, 5.41) is 32.0. The van der Waals surface area contributed by atoms with Crippen LogP contribution in [0.25, 0.3) is 0 Å². The van der Waals surface area contributed by atoms with Gasteiger partial charge < -0.3 is 19.5 Å². The fourth-order valence-electron chi connectivity index (χ4n) is 4.32. The minimum Gasteiger partial charge on any atom is -0.504 e. The monoisotopic (exact) mass is 433 g/mol. The highest BCUT2D eigenvalue weighted by Crippen LogP contribution is 2.54. The highest BCUT2D eigenvalue weighted by molar-refractivity contribution is 7.79. The van der Waals surface area contributed by atoms with Gasteiger partial charge in [-0.15, -0.1) is 0 Å². The van der Waals surface area contributed by atoms with Crippen LogP contribution in [0.1, 0.15) is 24.8 Å². The van der Waals surface area contributed by atoms with Crippen LogP contribution in [0.2, 0.25) is 0 Å². The van der Waals surface area contributed by atoms with Gasteiger partial charge >= 0.3 is 0 Å². The van der Waals surface area contributed by atoms with E-state index in [-0.39, 0.29) is 11.5 Å². The maximum Gasteiger partial charge on any atom is 0.162 e. The zero-order valence-electron chi connectivity index (χ0n) is 17.0. The molecule has 0 saturated heterocycles. The summed E-state index contributed by atoms with van der Waals surface area (Å²) in [6, 6.07) is 25.0. The second kappa shape index (κ2) is 8.98. The highest BCUT2D eigenvalue weighted by Gasteiger charge is 2.46. The van der Waals surface area contributed by atoms with E-state index < -0.39 is 25.0 Å². The van der Waals surface area contributed by atoms with E-state index in [4.69, 9.17) is 10.00 Å². The lowest BCUT2D eigenvalue weighted by molar-refractivity contribution is 0.00830. The summed E-state index contributed by atoms with van der Waals surface area (Å²) in [6.07, 6.45) is 0.267. The molecule has 158 valence electrons. The van der Waals surface area contributed by atoms with Gasteiger partial charge in [0.15, 0.2) is 11.5 Å². The summed E-state index contributed by atoms with van der Waals surface area (Å²) in [7, 11) is -3.17. The molecule has 0 aliphatic heterocycles. The second-order valence-electron chi connectivity index (χ2n) is 7.77. The number of aliphatic hydroxyl groups excluding tert-OH is 1. The molecule has 1 aliphatic rings. The van der Waals surface area contributed by atoms with Gasteiger partial charge in [-0.3, -0.25) is 0 Å². The van der Waals surface area contributed by atoms with Crippen molar-refractivity contribution < 1.29 is 19.5 Å². The number of aromatic hydroxyl groups is 1. The normalized spacial score (nSPS) is 21.2. The number of nitrogens with zero attached hydrogens (tertiary/aromatic N) is 1. The molecular weight excluding hydrogens is 409 g/mol. The lowest BCUT2D eigenvalue weighted by Crippen LogP contribution is -2.47. The van der Waals surface area contributed by atoms with Gasteiger partial charge in [0.1, 0.15) is 19.3 Å². The van der Waals surface area contributed by atoms with Gasteiger partial charge in [0.05, 0.1) is 11.6 Å². The number of aliphatic hydroxyl groups is 1. The van der Waals surface area contributed by atoms with Crippen molar-refractivity contribution in [3.63, 3.8) is 0 Å². The minimum absolute atomic E-state index is 0.0948. The number of phenols is 1. The lowest BCUT2D eigenvalue weighted by atomic mass is 9.94. The Labute approximate surface area is 181 Å². The van der Waals surface area contributed by atoms with Gasteiger partial charge in [0.2, 0.25) is 0 Å². The molecule has 0 radical (unpaired) electrons. The molecule has 0 spiro atoms. The predicted molar refractivity (Wildman–Crippen MR) is 121 cm³/mol. The Bertz CT molecular complexity index is 1080. The Morgan fingerprint density at radius 2 is 1.55 bits per heavy atom. The van der Waals surface area contributed by atoms with E-state index in [1.807, 2.05) is 66.7 Å². The smallest absolute Gasteiger partial charge is 0.162 e. The van der Waals surface area contributed by atoms with Crippen molar-refractivity contribution in [2.45, 2.75) is 37.1 Å². The fraction of sp³-hybridized carbons (Fsp3) is 0.240. The Kier molecular flexibility index (Phi) is 6.13. The Morgan fingerprint density at radius 3 is 2.13 bits per heavy atom. The molecule has 0 heterocycles. The molecule has 3 atom stereocenters. The van der Waals surface area contributed by atoms with E-state index in [1.54, 1.807) is 0 Å². The number of nitriles is 1. The van der Waals surface area contributed by atoms with Crippen LogP contribution in [-0.2, 0) is 4.57 Å². The van der Waals surface area contributed by atoms with Crippen LogP contribution >= 0.6 is 7.14 Å². The molecule has 1 saturated carbocycles. The molecular formula is C25H24NO4P. The number of phenolic OH excluding ortho intramolecular Hbond substituents is 1. The first-order chi connectivity index (χ1) is 15.0. The van der Waals surface area contributed by atoms with Crippen molar-refractivity contribution in [3.8, 4) is 17.6 Å². The number of hydrogen-bond donors (Lipinski definition) is 2. The zero-order valence-corrected chi connectivity index (χ0v) is 17.9. The van der Waals surface area contributed by atoms with Crippen molar-refractivity contribution in [2.75, 3.05) is 0 Å². The molecule has 1 fully saturated rings. The Balaban J connectivity index is 1.71. The summed E-state index contributed by atoms with van der Waals surface area (Å²) in [5.74, 6) is 0.0561. The predicted octanol–water partition coefficient (Wildman–Crippen LogP) is 3.94. The van der Waals surface area contributed by atoms with Gasteiger partial charge in [-0.1, -0.05) is 60.7 Å². The van der Waals surface area contributed by atoms with Crippen molar-refractivity contribution >= 4 is 17.8 Å². The van der Waals surface area contributed by atoms with Crippen molar-refractivity contribution in [2.24, 2.45) is 0 Å². The average Bonchev–Trinajstić information content (AvgIpc) is 2.82. The largest absolute Gasteiger partial charge is 0.504 e. The molecule has 2 N–H and O–H groups in total. The standard InChI is InChI=1S/C25H24NO4P/c26-17-18-14-15-21(27)23(16-18)30-22-12-7-13-24(25(22)28)31(29,19-8-3-1-4-9-19)20-10-5-2-6-11-20/h1-6,8-11,14-16,22,24-25,27-28H,7,12-13H2/t22-,24+,25+/m1/s1. The topological polar surface area (TPSA) is 90.5 Å². The van der Waals surface area contributed by atoms with Crippen LogP contribution in [0, 0.1) is 11.3 Å². The Hall–Kier alpha value is -3.06. The van der Waals surface area contributed by atoms with Gasteiger partial charge in [0.25, 0.3) is 0 Å². The van der Waals surface area contributed by atoms with Gasteiger partial charge in [-0.05, 0) is 31.4 Å². The molecule has 6 heteroatoms. The Morgan fingerprint density at radius 1 is 0.935 bits per heavy atom. The van der Waals surface area contributed by atoms with E-state index in [1.165, 1.54) is 18.2 Å². The first kappa shape index (κ1) is 21.2. The highest BCUT2D eigenvalue weighted by atomic mass is 31.2. The molecule has 3 aromatic rings. The van der Waals surface area contributed by atoms with Crippen LogP contribution in [0.3, 0.4) is 0 Å². The third kappa shape index (κ3) is 4.10. The van der Waals surface area contributed by atoms with Crippen LogP contribution < -0.4 is 15.3 Å². The minimum atomic E-state index is -3.17. The van der Waals surface area contributed by atoms with Gasteiger partial charge in [0, 0.05) is 22.3 Å². The van der Waals surface area contributed by atoms with Gasteiger partial charge in [-0.25, -0.2) is 0 Å². The summed E-state index contributed by atoms with van der Waals surface area (Å²) in [6.45, 7) is 0. The zero-order chi connectivity index (χ0) is 21.8. The maximum absolute atomic E-state index is 14.6. The number of rotatable bonds is 5. The average molecular weight is 433 g/mol. The van der Waals surface area contributed by atoms with Crippen molar-refractivity contribution in [1.29, 1.82) is 5.26 Å². The van der Waals surface area contributed by atoms with E-state index in [9.17, 15) is 14.8 Å². The molecule has 4 rings (SSSR count). The quantitative estimate of drug-likeness (QED) is 0.595. The summed E-state index contributed by atoms with van der Waals surface area (Å²) >= 11 is 0. The summed E-state index contributed by atoms with van der Waals surface area (Å²) in [5.41, 5.74) is -0.161. The third-order valence-corrected chi connectivity index (χ3v) is 9.51. The van der Waals surface area contributed by atoms with E-state index in [0.29, 0.717) is 29.0 Å². The molecule has 0 amide bonds. The lowest BCUT2D eigenvalue weighted by Gasteiger charge is -2.39. The molecule has 0 unspecified atom stereocenters. The molecule has 0 bridgehead atoms. The van der Waals surface area contributed by atoms with Crippen molar-refractivity contribution in [3.05, 3.63) is 84.4 Å².